The molecule has 0 spiro atoms. The third-order valence-corrected chi connectivity index (χ3v) is 4.27. The monoisotopic (exact) mass is 320 g/mol. The Bertz CT molecular complexity index is 488. The number of anilines is 2. The summed E-state index contributed by atoms with van der Waals surface area (Å²) in [5, 5.41) is 3.61. The minimum Gasteiger partial charge on any atom is -0.380 e. The Morgan fingerprint density at radius 2 is 1.86 bits per heavy atom. The van der Waals surface area contributed by atoms with Gasteiger partial charge in [-0.3, -0.25) is 0 Å². The zero-order chi connectivity index (χ0) is 15.6. The van der Waals surface area contributed by atoms with Crippen LogP contribution in [0, 0.1) is 5.92 Å². The highest BCUT2D eigenvalue weighted by molar-refractivity contribution is 6.34. The number of para-hydroxylation sites is 1. The smallest absolute Gasteiger partial charge is 0.380 e. The van der Waals surface area contributed by atoms with Crippen LogP contribution in [-0.2, 0) is 0 Å². The lowest BCUT2D eigenvalue weighted by molar-refractivity contribution is -0.184. The zero-order valence-corrected chi connectivity index (χ0v) is 12.9. The van der Waals surface area contributed by atoms with Crippen molar-refractivity contribution in [2.45, 2.75) is 37.9 Å². The average Bonchev–Trinajstić information content (AvgIpc) is 2.37. The zero-order valence-electron chi connectivity index (χ0n) is 12.2. The van der Waals surface area contributed by atoms with Gasteiger partial charge in [-0.05, 0) is 25.0 Å². The highest BCUT2D eigenvalue weighted by Crippen LogP contribution is 2.41. The number of nitrogens with one attached hydrogen (secondary N) is 1. The first-order valence-electron chi connectivity index (χ1n) is 7.10. The van der Waals surface area contributed by atoms with Gasteiger partial charge in [-0.15, -0.1) is 0 Å². The molecule has 0 heterocycles. The lowest BCUT2D eigenvalue weighted by Gasteiger charge is -2.35. The fourth-order valence-corrected chi connectivity index (χ4v) is 3.33. The second-order valence-corrected chi connectivity index (χ2v) is 6.12. The van der Waals surface area contributed by atoms with E-state index in [1.165, 1.54) is 0 Å². The van der Waals surface area contributed by atoms with E-state index in [2.05, 4.69) is 5.32 Å². The lowest BCUT2D eigenvalue weighted by atomic mass is 9.84. The summed E-state index contributed by atoms with van der Waals surface area (Å²) >= 11 is 6.16. The van der Waals surface area contributed by atoms with E-state index in [0.717, 1.165) is 12.1 Å². The summed E-state index contributed by atoms with van der Waals surface area (Å²) in [6.07, 6.45) is -1.97. The first-order chi connectivity index (χ1) is 9.80. The summed E-state index contributed by atoms with van der Waals surface area (Å²) in [4.78, 5) is 1.82. The van der Waals surface area contributed by atoms with Crippen LogP contribution in [0.5, 0.6) is 0 Å². The predicted octanol–water partition coefficient (Wildman–Crippen LogP) is 4.94. The van der Waals surface area contributed by atoms with Gasteiger partial charge in [-0.25, -0.2) is 0 Å². The number of hydrogen-bond donors (Lipinski definition) is 1. The predicted molar refractivity (Wildman–Crippen MR) is 81.2 cm³/mol. The van der Waals surface area contributed by atoms with Gasteiger partial charge >= 0.3 is 6.18 Å². The molecule has 0 aromatic heterocycles. The Morgan fingerprint density at radius 3 is 2.48 bits per heavy atom. The van der Waals surface area contributed by atoms with Gasteiger partial charge in [0.1, 0.15) is 0 Å². The van der Waals surface area contributed by atoms with Crippen LogP contribution < -0.4 is 10.2 Å². The van der Waals surface area contributed by atoms with Gasteiger partial charge in [0.2, 0.25) is 0 Å². The maximum absolute atomic E-state index is 13.2. The third-order valence-electron chi connectivity index (χ3n) is 3.96. The molecular formula is C15H20ClF3N2. The van der Waals surface area contributed by atoms with E-state index < -0.39 is 18.1 Å². The summed E-state index contributed by atoms with van der Waals surface area (Å²) in [5.41, 5.74) is 1.39. The normalized spacial score (nSPS) is 23.0. The minimum absolute atomic E-state index is 0.193. The van der Waals surface area contributed by atoms with Crippen molar-refractivity contribution in [2.75, 3.05) is 24.3 Å². The minimum atomic E-state index is -4.16. The molecule has 1 aliphatic rings. The summed E-state index contributed by atoms with van der Waals surface area (Å²) < 4.78 is 39.5. The van der Waals surface area contributed by atoms with Crippen molar-refractivity contribution in [1.82, 2.24) is 0 Å². The molecule has 0 aliphatic heterocycles. The molecule has 2 unspecified atom stereocenters. The Hall–Kier alpha value is -1.10. The fourth-order valence-electron chi connectivity index (χ4n) is 2.98. The Morgan fingerprint density at radius 1 is 1.19 bits per heavy atom. The molecule has 1 fully saturated rings. The SMILES string of the molecule is CN(C)c1c(Cl)cccc1NC1CCCCC1C(F)(F)F. The molecule has 1 aromatic carbocycles. The van der Waals surface area contributed by atoms with Gasteiger partial charge < -0.3 is 10.2 Å². The van der Waals surface area contributed by atoms with Gasteiger partial charge in [0.25, 0.3) is 0 Å². The van der Waals surface area contributed by atoms with Gasteiger partial charge in [0.15, 0.2) is 0 Å². The average molecular weight is 321 g/mol. The fraction of sp³-hybridized carbons (Fsp3) is 0.600. The molecule has 118 valence electrons. The van der Waals surface area contributed by atoms with Crippen LogP contribution >= 0.6 is 11.6 Å². The molecule has 0 saturated heterocycles. The van der Waals surface area contributed by atoms with E-state index in [1.54, 1.807) is 18.2 Å². The van der Waals surface area contributed by atoms with E-state index in [9.17, 15) is 13.2 Å². The maximum Gasteiger partial charge on any atom is 0.393 e. The van der Waals surface area contributed by atoms with Crippen LogP contribution in [0.2, 0.25) is 5.02 Å². The van der Waals surface area contributed by atoms with Crippen molar-refractivity contribution in [3.63, 3.8) is 0 Å². The number of rotatable bonds is 3. The molecule has 0 radical (unpaired) electrons. The van der Waals surface area contributed by atoms with Gasteiger partial charge in [-0.1, -0.05) is 30.5 Å². The molecule has 2 rings (SSSR count). The van der Waals surface area contributed by atoms with Gasteiger partial charge in [0.05, 0.1) is 22.3 Å². The van der Waals surface area contributed by atoms with Crippen molar-refractivity contribution >= 4 is 23.0 Å². The topological polar surface area (TPSA) is 15.3 Å². The number of halogens is 4. The Balaban J connectivity index is 2.26. The van der Waals surface area contributed by atoms with Crippen LogP contribution in [0.3, 0.4) is 0 Å². The van der Waals surface area contributed by atoms with E-state index >= 15 is 0 Å². The molecule has 1 aromatic rings. The van der Waals surface area contributed by atoms with Crippen LogP contribution in [0.1, 0.15) is 25.7 Å². The number of alkyl halides is 3. The van der Waals surface area contributed by atoms with E-state index in [0.29, 0.717) is 23.6 Å². The standard InChI is InChI=1S/C15H20ClF3N2/c1-21(2)14-11(16)7-5-9-13(14)20-12-8-4-3-6-10(12)15(17,18)19/h5,7,9-10,12,20H,3-4,6,8H2,1-2H3. The summed E-state index contributed by atoms with van der Waals surface area (Å²) in [7, 11) is 3.66. The van der Waals surface area contributed by atoms with Crippen LogP contribution in [0.4, 0.5) is 24.5 Å². The molecular weight excluding hydrogens is 301 g/mol. The van der Waals surface area contributed by atoms with E-state index in [4.69, 9.17) is 11.6 Å². The second kappa shape index (κ2) is 6.34. The lowest BCUT2D eigenvalue weighted by Crippen LogP contribution is -2.41. The Kier molecular flexibility index (Phi) is 4.91. The molecule has 0 bridgehead atoms. The highest BCUT2D eigenvalue weighted by Gasteiger charge is 2.45. The molecule has 1 N–H and O–H groups in total. The third kappa shape index (κ3) is 3.76. The van der Waals surface area contributed by atoms with Crippen molar-refractivity contribution in [1.29, 1.82) is 0 Å². The van der Waals surface area contributed by atoms with Crippen LogP contribution in [0.25, 0.3) is 0 Å². The highest BCUT2D eigenvalue weighted by atomic mass is 35.5. The van der Waals surface area contributed by atoms with Crippen LogP contribution in [-0.4, -0.2) is 26.3 Å². The van der Waals surface area contributed by atoms with Gasteiger partial charge in [0, 0.05) is 20.1 Å². The maximum atomic E-state index is 13.2. The number of nitrogens with zero attached hydrogens (tertiary/aromatic N) is 1. The van der Waals surface area contributed by atoms with Crippen molar-refractivity contribution < 1.29 is 13.2 Å². The van der Waals surface area contributed by atoms with E-state index in [1.807, 2.05) is 19.0 Å². The largest absolute Gasteiger partial charge is 0.393 e. The van der Waals surface area contributed by atoms with Crippen molar-refractivity contribution in [3.8, 4) is 0 Å². The number of benzene rings is 1. The first kappa shape index (κ1) is 16.3. The first-order valence-corrected chi connectivity index (χ1v) is 7.47. The summed E-state index contributed by atoms with van der Waals surface area (Å²) in [5.74, 6) is -1.29. The summed E-state index contributed by atoms with van der Waals surface area (Å²) in [6.45, 7) is 0. The van der Waals surface area contributed by atoms with Crippen molar-refractivity contribution in [2.24, 2.45) is 5.92 Å². The van der Waals surface area contributed by atoms with Crippen LogP contribution in [0.15, 0.2) is 18.2 Å². The molecule has 0 amide bonds. The number of hydrogen-bond acceptors (Lipinski definition) is 2. The molecule has 1 saturated carbocycles. The molecule has 2 atom stereocenters. The van der Waals surface area contributed by atoms with Gasteiger partial charge in [-0.2, -0.15) is 13.2 Å². The molecule has 21 heavy (non-hydrogen) atoms. The van der Waals surface area contributed by atoms with Crippen molar-refractivity contribution in [3.05, 3.63) is 23.2 Å². The Labute approximate surface area is 128 Å². The second-order valence-electron chi connectivity index (χ2n) is 5.71. The quantitative estimate of drug-likeness (QED) is 0.848. The summed E-state index contributed by atoms with van der Waals surface area (Å²) in [6, 6.07) is 4.69. The molecule has 6 heteroatoms. The van der Waals surface area contributed by atoms with E-state index in [-0.39, 0.29) is 6.42 Å². The molecule has 2 nitrogen and oxygen atoms in total. The molecule has 1 aliphatic carbocycles.